The average Bonchev–Trinajstić information content (AvgIpc) is 2.65. The normalized spacial score (nSPS) is 10.8. The number of aryl methyl sites for hydroxylation is 2. The molecule has 0 aliphatic heterocycles. The van der Waals surface area contributed by atoms with Crippen LogP contribution < -0.4 is 14.9 Å². The monoisotopic (exact) mass is 390 g/mol. The van der Waals surface area contributed by atoms with Crippen molar-refractivity contribution in [3.63, 3.8) is 0 Å². The summed E-state index contributed by atoms with van der Waals surface area (Å²) < 4.78 is 10.2. The highest BCUT2D eigenvalue weighted by Gasteiger charge is 2.08. The van der Waals surface area contributed by atoms with Crippen LogP contribution >= 0.6 is 11.6 Å². The molecule has 0 fully saturated rings. The maximum absolute atomic E-state index is 11.9. The smallest absolute Gasteiger partial charge is 0.240 e. The van der Waals surface area contributed by atoms with E-state index in [0.717, 1.165) is 17.7 Å². The van der Waals surface area contributed by atoms with Crippen LogP contribution in [0.25, 0.3) is 0 Å². The minimum Gasteiger partial charge on any atom is -0.503 e. The van der Waals surface area contributed by atoms with Crippen LogP contribution in [0.4, 0.5) is 0 Å². The Morgan fingerprint density at radius 1 is 1.26 bits per heavy atom. The van der Waals surface area contributed by atoms with Crippen molar-refractivity contribution in [3.8, 4) is 17.2 Å². The van der Waals surface area contributed by atoms with Crippen LogP contribution in [-0.2, 0) is 11.2 Å². The first-order valence-electron chi connectivity index (χ1n) is 8.46. The summed E-state index contributed by atoms with van der Waals surface area (Å²) >= 11 is 5.91. The molecule has 2 rings (SSSR count). The van der Waals surface area contributed by atoms with Crippen molar-refractivity contribution in [1.82, 2.24) is 5.43 Å². The second-order valence-corrected chi connectivity index (χ2v) is 6.40. The van der Waals surface area contributed by atoms with Crippen LogP contribution in [-0.4, -0.2) is 31.4 Å². The van der Waals surface area contributed by atoms with Crippen molar-refractivity contribution in [1.29, 1.82) is 0 Å². The highest BCUT2D eigenvalue weighted by molar-refractivity contribution is 6.32. The molecule has 27 heavy (non-hydrogen) atoms. The summed E-state index contributed by atoms with van der Waals surface area (Å²) in [6.45, 7) is 2.03. The number of phenols is 1. The fraction of sp³-hybridized carbons (Fsp3) is 0.300. The third-order valence-electron chi connectivity index (χ3n) is 4.07. The quantitative estimate of drug-likeness (QED) is 0.530. The van der Waals surface area contributed by atoms with Gasteiger partial charge in [0.1, 0.15) is 5.75 Å². The molecule has 0 bridgehead atoms. The van der Waals surface area contributed by atoms with Gasteiger partial charge in [0, 0.05) is 6.42 Å². The van der Waals surface area contributed by atoms with Gasteiger partial charge in [0.15, 0.2) is 11.5 Å². The highest BCUT2D eigenvalue weighted by atomic mass is 35.5. The predicted octanol–water partition coefficient (Wildman–Crippen LogP) is 3.84. The van der Waals surface area contributed by atoms with Crippen LogP contribution in [0.3, 0.4) is 0 Å². The van der Waals surface area contributed by atoms with Gasteiger partial charge >= 0.3 is 0 Å². The van der Waals surface area contributed by atoms with Gasteiger partial charge in [-0.25, -0.2) is 5.43 Å². The zero-order chi connectivity index (χ0) is 19.8. The van der Waals surface area contributed by atoms with Crippen molar-refractivity contribution >= 4 is 23.7 Å². The molecule has 0 unspecified atom stereocenters. The number of hydrogen-bond donors (Lipinski definition) is 2. The Balaban J connectivity index is 1.83. The molecule has 0 radical (unpaired) electrons. The zero-order valence-corrected chi connectivity index (χ0v) is 16.3. The third kappa shape index (κ3) is 5.89. The fourth-order valence-electron chi connectivity index (χ4n) is 2.57. The maximum Gasteiger partial charge on any atom is 0.240 e. The van der Waals surface area contributed by atoms with E-state index in [1.807, 2.05) is 25.1 Å². The van der Waals surface area contributed by atoms with Crippen molar-refractivity contribution in [2.75, 3.05) is 14.2 Å². The number of hydrazone groups is 1. The Kier molecular flexibility index (Phi) is 7.49. The molecule has 144 valence electrons. The van der Waals surface area contributed by atoms with E-state index >= 15 is 0 Å². The number of carbonyl (C=O) groups is 1. The number of amides is 1. The lowest BCUT2D eigenvalue weighted by molar-refractivity contribution is -0.121. The molecule has 0 spiro atoms. The maximum atomic E-state index is 11.9. The molecule has 2 aromatic rings. The van der Waals surface area contributed by atoms with Gasteiger partial charge in [-0.2, -0.15) is 5.10 Å². The van der Waals surface area contributed by atoms with Gasteiger partial charge in [0.2, 0.25) is 5.91 Å². The van der Waals surface area contributed by atoms with Crippen LogP contribution in [0.5, 0.6) is 17.2 Å². The first kappa shape index (κ1) is 20.6. The lowest BCUT2D eigenvalue weighted by atomic mass is 10.0. The molecule has 2 N–H and O–H groups in total. The number of ether oxygens (including phenoxy) is 2. The highest BCUT2D eigenvalue weighted by Crippen LogP contribution is 2.34. The molecule has 0 aromatic heterocycles. The van der Waals surface area contributed by atoms with E-state index in [9.17, 15) is 9.90 Å². The molecule has 0 aliphatic rings. The molecular weight excluding hydrogens is 368 g/mol. The summed E-state index contributed by atoms with van der Waals surface area (Å²) in [4.78, 5) is 11.9. The summed E-state index contributed by atoms with van der Waals surface area (Å²) in [5, 5.41) is 13.8. The SMILES string of the molecule is COc1ccc(CCCC(=O)N/N=C\c2cc(Cl)c(O)c(OC)c2)c(C)c1. The molecule has 2 aromatic carbocycles. The lowest BCUT2D eigenvalue weighted by Crippen LogP contribution is -2.17. The number of halogens is 1. The summed E-state index contributed by atoms with van der Waals surface area (Å²) in [7, 11) is 3.07. The van der Waals surface area contributed by atoms with Crippen LogP contribution in [0.1, 0.15) is 29.5 Å². The number of hydrogen-bond acceptors (Lipinski definition) is 5. The number of rotatable bonds is 8. The van der Waals surface area contributed by atoms with Gasteiger partial charge in [-0.15, -0.1) is 0 Å². The van der Waals surface area contributed by atoms with Crippen molar-refractivity contribution in [3.05, 3.63) is 52.0 Å². The largest absolute Gasteiger partial charge is 0.503 e. The van der Waals surface area contributed by atoms with E-state index in [1.165, 1.54) is 25.0 Å². The second-order valence-electron chi connectivity index (χ2n) is 5.99. The van der Waals surface area contributed by atoms with Gasteiger partial charge in [0.05, 0.1) is 25.5 Å². The van der Waals surface area contributed by atoms with E-state index in [0.29, 0.717) is 18.4 Å². The molecule has 1 amide bonds. The summed E-state index contributed by atoms with van der Waals surface area (Å²) in [5.74, 6) is 0.767. The minimum atomic E-state index is -0.172. The molecule has 0 saturated heterocycles. The van der Waals surface area contributed by atoms with Gasteiger partial charge in [-0.05, 0) is 60.7 Å². The van der Waals surface area contributed by atoms with E-state index in [1.54, 1.807) is 13.2 Å². The Labute approximate surface area is 163 Å². The lowest BCUT2D eigenvalue weighted by Gasteiger charge is -2.08. The van der Waals surface area contributed by atoms with Crippen molar-refractivity contribution in [2.45, 2.75) is 26.2 Å². The van der Waals surface area contributed by atoms with Crippen LogP contribution in [0.2, 0.25) is 5.02 Å². The fourth-order valence-corrected chi connectivity index (χ4v) is 2.79. The Hall–Kier alpha value is -2.73. The molecule has 0 atom stereocenters. The standard InChI is InChI=1S/C20H23ClN2O4/c1-13-9-16(26-2)8-7-15(13)5-4-6-19(24)23-22-12-14-10-17(21)20(25)18(11-14)27-3/h7-12,25H,4-6H2,1-3H3,(H,23,24)/b22-12-. The minimum absolute atomic E-state index is 0.130. The topological polar surface area (TPSA) is 80.2 Å². The van der Waals surface area contributed by atoms with Gasteiger partial charge < -0.3 is 14.6 Å². The van der Waals surface area contributed by atoms with Gasteiger partial charge in [-0.1, -0.05) is 17.7 Å². The first-order chi connectivity index (χ1) is 12.9. The summed E-state index contributed by atoms with van der Waals surface area (Å²) in [5.41, 5.74) is 5.42. The Bertz CT molecular complexity index is 837. The number of nitrogens with zero attached hydrogens (tertiary/aromatic N) is 1. The Morgan fingerprint density at radius 2 is 2.04 bits per heavy atom. The van der Waals surface area contributed by atoms with Gasteiger partial charge in [0.25, 0.3) is 0 Å². The third-order valence-corrected chi connectivity index (χ3v) is 4.36. The number of aromatic hydroxyl groups is 1. The van der Waals surface area contributed by atoms with Crippen molar-refractivity contribution < 1.29 is 19.4 Å². The van der Waals surface area contributed by atoms with Gasteiger partial charge in [-0.3, -0.25) is 4.79 Å². The Morgan fingerprint density at radius 3 is 2.70 bits per heavy atom. The summed E-state index contributed by atoms with van der Waals surface area (Å²) in [6, 6.07) is 9.03. The summed E-state index contributed by atoms with van der Waals surface area (Å²) in [6.07, 6.45) is 3.33. The second kappa shape index (κ2) is 9.83. The van der Waals surface area contributed by atoms with Crippen LogP contribution in [0.15, 0.2) is 35.4 Å². The predicted molar refractivity (Wildman–Crippen MR) is 106 cm³/mol. The number of benzene rings is 2. The van der Waals surface area contributed by atoms with E-state index in [2.05, 4.69) is 10.5 Å². The van der Waals surface area contributed by atoms with Crippen molar-refractivity contribution in [2.24, 2.45) is 5.10 Å². The zero-order valence-electron chi connectivity index (χ0n) is 15.6. The van der Waals surface area contributed by atoms with E-state index < -0.39 is 0 Å². The molecule has 0 saturated carbocycles. The molecule has 0 aliphatic carbocycles. The number of phenolic OH excluding ortho intramolecular Hbond substituents is 1. The number of carbonyl (C=O) groups excluding carboxylic acids is 1. The average molecular weight is 391 g/mol. The number of methoxy groups -OCH3 is 2. The molecular formula is C20H23ClN2O4. The molecule has 6 nitrogen and oxygen atoms in total. The van der Waals surface area contributed by atoms with E-state index in [-0.39, 0.29) is 22.4 Å². The van der Waals surface area contributed by atoms with E-state index in [4.69, 9.17) is 21.1 Å². The number of nitrogens with one attached hydrogen (secondary N) is 1. The van der Waals surface area contributed by atoms with Crippen LogP contribution in [0, 0.1) is 6.92 Å². The molecule has 0 heterocycles. The molecule has 7 heteroatoms. The first-order valence-corrected chi connectivity index (χ1v) is 8.84.